The molecule has 3 rings (SSSR count). The Morgan fingerprint density at radius 3 is 1.76 bits per heavy atom. The SMILES string of the molecule is CN(C)Cc1[nH]c(Cc2ccc(/C=C/C(=O)O)cc2)nc1-c1ccccc1.O=C(O)C(F)(F)F.O=C(O)C(F)(F)F. The lowest BCUT2D eigenvalue weighted by Gasteiger charge is -2.09. The molecule has 0 radical (unpaired) electrons. The summed E-state index contributed by atoms with van der Waals surface area (Å²) in [4.78, 5) is 38.8. The molecule has 1 aromatic heterocycles. The minimum absolute atomic E-state index is 0.691. The number of hydrogen-bond acceptors (Lipinski definition) is 5. The number of aromatic nitrogens is 2. The van der Waals surface area contributed by atoms with Gasteiger partial charge in [-0.1, -0.05) is 54.6 Å². The van der Waals surface area contributed by atoms with Gasteiger partial charge in [-0.2, -0.15) is 26.3 Å². The third-order valence-corrected chi connectivity index (χ3v) is 4.60. The maximum absolute atomic E-state index is 10.6. The van der Waals surface area contributed by atoms with Gasteiger partial charge in [0, 0.05) is 24.6 Å². The maximum Gasteiger partial charge on any atom is 0.490 e. The number of carboxylic acid groups (broad SMARTS) is 3. The van der Waals surface area contributed by atoms with Gasteiger partial charge in [0.15, 0.2) is 0 Å². The third-order valence-electron chi connectivity index (χ3n) is 4.60. The number of halogens is 6. The van der Waals surface area contributed by atoms with Crippen molar-refractivity contribution >= 4 is 24.0 Å². The number of rotatable bonds is 7. The van der Waals surface area contributed by atoms with Crippen molar-refractivity contribution in [2.45, 2.75) is 25.3 Å². The van der Waals surface area contributed by atoms with Crippen molar-refractivity contribution in [3.63, 3.8) is 0 Å². The number of carboxylic acids is 3. The van der Waals surface area contributed by atoms with E-state index in [1.807, 2.05) is 56.6 Å². The number of nitrogens with zero attached hydrogens (tertiary/aromatic N) is 2. The van der Waals surface area contributed by atoms with Gasteiger partial charge in [0.2, 0.25) is 0 Å². The van der Waals surface area contributed by atoms with Gasteiger partial charge in [-0.05, 0) is 31.3 Å². The minimum Gasteiger partial charge on any atom is -0.478 e. The lowest BCUT2D eigenvalue weighted by molar-refractivity contribution is -0.193. The van der Waals surface area contributed by atoms with Gasteiger partial charge in [0.05, 0.1) is 11.4 Å². The highest BCUT2D eigenvalue weighted by molar-refractivity contribution is 5.85. The number of aliphatic carboxylic acids is 3. The van der Waals surface area contributed by atoms with Crippen molar-refractivity contribution < 1.29 is 56.0 Å². The highest BCUT2D eigenvalue weighted by Gasteiger charge is 2.38. The molecule has 222 valence electrons. The zero-order valence-corrected chi connectivity index (χ0v) is 21.5. The van der Waals surface area contributed by atoms with Gasteiger partial charge in [-0.15, -0.1) is 0 Å². The monoisotopic (exact) mass is 589 g/mol. The third kappa shape index (κ3) is 13.3. The summed E-state index contributed by atoms with van der Waals surface area (Å²) in [5.41, 5.74) is 5.17. The Labute approximate surface area is 229 Å². The van der Waals surface area contributed by atoms with Crippen LogP contribution in [0.5, 0.6) is 0 Å². The molecule has 0 atom stereocenters. The fraction of sp³-hybridized carbons (Fsp3) is 0.231. The molecule has 0 aliphatic heterocycles. The van der Waals surface area contributed by atoms with Crippen LogP contribution in [-0.4, -0.2) is 74.5 Å². The maximum atomic E-state index is 10.6. The number of aromatic amines is 1. The van der Waals surface area contributed by atoms with Gasteiger partial charge in [0.1, 0.15) is 5.82 Å². The molecule has 41 heavy (non-hydrogen) atoms. The molecule has 9 nitrogen and oxygen atoms in total. The van der Waals surface area contributed by atoms with E-state index < -0.39 is 30.3 Å². The van der Waals surface area contributed by atoms with Gasteiger partial charge < -0.3 is 25.2 Å². The number of hydrogen-bond donors (Lipinski definition) is 4. The second-order valence-electron chi connectivity index (χ2n) is 8.31. The van der Waals surface area contributed by atoms with E-state index in [9.17, 15) is 31.1 Å². The molecule has 0 spiro atoms. The quantitative estimate of drug-likeness (QED) is 0.220. The number of H-pyrrole nitrogens is 1. The van der Waals surface area contributed by atoms with Crippen molar-refractivity contribution in [2.75, 3.05) is 14.1 Å². The summed E-state index contributed by atoms with van der Waals surface area (Å²) in [5, 5.41) is 23.0. The molecule has 0 saturated heterocycles. The molecule has 0 bridgehead atoms. The van der Waals surface area contributed by atoms with Gasteiger partial charge in [-0.3, -0.25) is 0 Å². The molecular formula is C26H25F6N3O6. The van der Waals surface area contributed by atoms with E-state index in [1.165, 1.54) is 0 Å². The molecule has 0 fully saturated rings. The normalized spacial score (nSPS) is 11.3. The predicted molar refractivity (Wildman–Crippen MR) is 135 cm³/mol. The highest BCUT2D eigenvalue weighted by Crippen LogP contribution is 2.23. The summed E-state index contributed by atoms with van der Waals surface area (Å²) >= 11 is 0. The van der Waals surface area contributed by atoms with Crippen LogP contribution in [0.1, 0.15) is 22.6 Å². The predicted octanol–water partition coefficient (Wildman–Crippen LogP) is 5.09. The first kappa shape index (κ1) is 34.4. The van der Waals surface area contributed by atoms with E-state index in [-0.39, 0.29) is 0 Å². The van der Waals surface area contributed by atoms with Crippen molar-refractivity contribution in [3.8, 4) is 11.3 Å². The minimum atomic E-state index is -5.08. The van der Waals surface area contributed by atoms with Crippen molar-refractivity contribution in [1.82, 2.24) is 14.9 Å². The Bertz CT molecular complexity index is 1290. The van der Waals surface area contributed by atoms with Gasteiger partial charge in [-0.25, -0.2) is 19.4 Å². The topological polar surface area (TPSA) is 144 Å². The second kappa shape index (κ2) is 15.2. The fourth-order valence-electron chi connectivity index (χ4n) is 2.92. The lowest BCUT2D eigenvalue weighted by Crippen LogP contribution is -2.21. The first-order valence-corrected chi connectivity index (χ1v) is 11.3. The van der Waals surface area contributed by atoms with Crippen LogP contribution in [-0.2, 0) is 27.3 Å². The van der Waals surface area contributed by atoms with Crippen LogP contribution in [0.2, 0.25) is 0 Å². The molecule has 0 unspecified atom stereocenters. The molecule has 0 aliphatic carbocycles. The Morgan fingerprint density at radius 2 is 1.34 bits per heavy atom. The van der Waals surface area contributed by atoms with E-state index in [0.717, 1.165) is 46.5 Å². The van der Waals surface area contributed by atoms with Crippen LogP contribution >= 0.6 is 0 Å². The molecule has 15 heteroatoms. The van der Waals surface area contributed by atoms with Gasteiger partial charge in [0.25, 0.3) is 0 Å². The Hall–Kier alpha value is -4.66. The Morgan fingerprint density at radius 1 is 0.854 bits per heavy atom. The number of carbonyl (C=O) groups is 3. The van der Waals surface area contributed by atoms with Crippen molar-refractivity contribution in [2.24, 2.45) is 0 Å². The van der Waals surface area contributed by atoms with E-state index in [2.05, 4.69) is 22.0 Å². The smallest absolute Gasteiger partial charge is 0.478 e. The van der Waals surface area contributed by atoms with E-state index in [1.54, 1.807) is 6.08 Å². The van der Waals surface area contributed by atoms with E-state index in [4.69, 9.17) is 29.9 Å². The molecule has 2 aromatic carbocycles. The van der Waals surface area contributed by atoms with Crippen molar-refractivity contribution in [3.05, 3.63) is 83.3 Å². The molecular weight excluding hydrogens is 564 g/mol. The molecule has 1 heterocycles. The average Bonchev–Trinajstić information content (AvgIpc) is 3.25. The molecule has 0 saturated carbocycles. The van der Waals surface area contributed by atoms with Crippen molar-refractivity contribution in [1.29, 1.82) is 0 Å². The summed E-state index contributed by atoms with van der Waals surface area (Å²) in [6.45, 7) is 0.788. The number of imidazole rings is 1. The Balaban J connectivity index is 0.000000497. The van der Waals surface area contributed by atoms with E-state index >= 15 is 0 Å². The number of benzene rings is 2. The first-order valence-electron chi connectivity index (χ1n) is 11.3. The molecule has 0 aliphatic rings. The Kier molecular flexibility index (Phi) is 12.8. The summed E-state index contributed by atoms with van der Waals surface area (Å²) in [7, 11) is 4.08. The standard InChI is InChI=1S/C22H23N3O2.2C2HF3O2/c1-25(2)15-19-22(18-6-4-3-5-7-18)24-20(23-19)14-17-10-8-16(9-11-17)12-13-21(26)27;2*3-2(4,5)1(6)7/h3-13H,14-15H2,1-2H3,(H,23,24)(H,26,27);2*(H,6,7)/b13-12+;;. The van der Waals surface area contributed by atoms with Crippen LogP contribution < -0.4 is 0 Å². The summed E-state index contributed by atoms with van der Waals surface area (Å²) < 4.78 is 63.5. The number of alkyl halides is 6. The molecule has 3 aromatic rings. The summed E-state index contributed by atoms with van der Waals surface area (Å²) in [6.07, 6.45) is -6.75. The van der Waals surface area contributed by atoms with Gasteiger partial charge >= 0.3 is 30.3 Å². The second-order valence-corrected chi connectivity index (χ2v) is 8.31. The largest absolute Gasteiger partial charge is 0.490 e. The summed E-state index contributed by atoms with van der Waals surface area (Å²) in [6, 6.07) is 18.0. The first-order chi connectivity index (χ1) is 18.9. The van der Waals surface area contributed by atoms with Crippen LogP contribution in [0, 0.1) is 0 Å². The van der Waals surface area contributed by atoms with E-state index in [0.29, 0.717) is 6.42 Å². The average molecular weight is 589 g/mol. The molecule has 0 amide bonds. The zero-order valence-electron chi connectivity index (χ0n) is 21.5. The number of nitrogens with one attached hydrogen (secondary N) is 1. The van der Waals surface area contributed by atoms with Crippen LogP contribution in [0.15, 0.2) is 60.7 Å². The van der Waals surface area contributed by atoms with Crippen LogP contribution in [0.3, 0.4) is 0 Å². The highest BCUT2D eigenvalue weighted by atomic mass is 19.4. The van der Waals surface area contributed by atoms with Crippen LogP contribution in [0.25, 0.3) is 17.3 Å². The molecule has 4 N–H and O–H groups in total. The lowest BCUT2D eigenvalue weighted by atomic mass is 10.1. The zero-order chi connectivity index (χ0) is 31.4. The van der Waals surface area contributed by atoms with Crippen LogP contribution in [0.4, 0.5) is 26.3 Å². The fourth-order valence-corrected chi connectivity index (χ4v) is 2.92. The summed E-state index contributed by atoms with van der Waals surface area (Å²) in [5.74, 6) is -5.55.